The third-order valence-electron chi connectivity index (χ3n) is 2.67. The van der Waals surface area contributed by atoms with Crippen molar-refractivity contribution < 1.29 is 4.39 Å². The summed E-state index contributed by atoms with van der Waals surface area (Å²) in [7, 11) is 0. The van der Waals surface area contributed by atoms with Gasteiger partial charge >= 0.3 is 0 Å². The Morgan fingerprint density at radius 1 is 1.31 bits per heavy atom. The van der Waals surface area contributed by atoms with Gasteiger partial charge < -0.3 is 0 Å². The molecule has 72 valence electrons. The number of hydrogen-bond acceptors (Lipinski definition) is 0. The molecule has 0 saturated carbocycles. The maximum absolute atomic E-state index is 14.1. The summed E-state index contributed by atoms with van der Waals surface area (Å²) in [5.74, 6) is 0.00861. The lowest BCUT2D eigenvalue weighted by Crippen LogP contribution is -2.22. The van der Waals surface area contributed by atoms with Crippen molar-refractivity contribution in [1.29, 1.82) is 0 Å². The topological polar surface area (TPSA) is 0 Å². The molecule has 1 aromatic carbocycles. The highest BCUT2D eigenvalue weighted by Crippen LogP contribution is 2.33. The molecule has 1 unspecified atom stereocenters. The van der Waals surface area contributed by atoms with Crippen LogP contribution in [0.25, 0.3) is 0 Å². The maximum atomic E-state index is 14.1. The molecule has 1 heteroatoms. The molecule has 0 saturated heterocycles. The lowest BCUT2D eigenvalue weighted by molar-refractivity contribution is 0.123. The molecule has 0 amide bonds. The zero-order valence-corrected chi connectivity index (χ0v) is 8.76. The van der Waals surface area contributed by atoms with Crippen molar-refractivity contribution in [1.82, 2.24) is 0 Å². The fourth-order valence-electron chi connectivity index (χ4n) is 1.28. The van der Waals surface area contributed by atoms with Crippen molar-refractivity contribution >= 4 is 0 Å². The van der Waals surface area contributed by atoms with E-state index in [1.54, 1.807) is 6.92 Å². The number of hydrogen-bond donors (Lipinski definition) is 0. The first kappa shape index (κ1) is 10.2. The number of aryl methyl sites for hydroxylation is 1. The van der Waals surface area contributed by atoms with Crippen LogP contribution in [-0.2, 0) is 5.67 Å². The van der Waals surface area contributed by atoms with Gasteiger partial charge in [0.1, 0.15) is 5.67 Å². The van der Waals surface area contributed by atoms with E-state index in [1.165, 1.54) is 0 Å². The zero-order chi connectivity index (χ0) is 10.1. The van der Waals surface area contributed by atoms with Gasteiger partial charge in [0.05, 0.1) is 0 Å². The molecule has 1 aromatic rings. The summed E-state index contributed by atoms with van der Waals surface area (Å²) >= 11 is 0. The third-order valence-corrected chi connectivity index (χ3v) is 2.67. The predicted molar refractivity (Wildman–Crippen MR) is 54.5 cm³/mol. The monoisotopic (exact) mass is 180 g/mol. The highest BCUT2D eigenvalue weighted by atomic mass is 19.1. The Morgan fingerprint density at radius 3 is 2.38 bits per heavy atom. The minimum absolute atomic E-state index is 0.00861. The zero-order valence-electron chi connectivity index (χ0n) is 8.76. The second kappa shape index (κ2) is 3.49. The van der Waals surface area contributed by atoms with Crippen molar-refractivity contribution in [2.45, 2.75) is 33.4 Å². The molecule has 0 heterocycles. The van der Waals surface area contributed by atoms with E-state index < -0.39 is 5.67 Å². The van der Waals surface area contributed by atoms with Gasteiger partial charge in [-0.05, 0) is 25.3 Å². The number of halogens is 1. The first-order valence-corrected chi connectivity index (χ1v) is 4.70. The first-order chi connectivity index (χ1) is 5.94. The Balaban J connectivity index is 3.07. The van der Waals surface area contributed by atoms with Crippen molar-refractivity contribution in [3.63, 3.8) is 0 Å². The van der Waals surface area contributed by atoms with Gasteiger partial charge in [0.25, 0.3) is 0 Å². The van der Waals surface area contributed by atoms with Gasteiger partial charge in [0, 0.05) is 0 Å². The van der Waals surface area contributed by atoms with Gasteiger partial charge in [-0.2, -0.15) is 0 Å². The summed E-state index contributed by atoms with van der Waals surface area (Å²) < 4.78 is 14.1. The predicted octanol–water partition coefficient (Wildman–Crippen LogP) is 3.84. The Kier molecular flexibility index (Phi) is 2.74. The third kappa shape index (κ3) is 2.09. The molecular formula is C12H17F. The Labute approximate surface area is 79.8 Å². The van der Waals surface area contributed by atoms with Gasteiger partial charge in [-0.15, -0.1) is 0 Å². The van der Waals surface area contributed by atoms with Gasteiger partial charge in [-0.3, -0.25) is 0 Å². The summed E-state index contributed by atoms with van der Waals surface area (Å²) in [6.45, 7) is 7.44. The normalized spacial score (nSPS) is 15.8. The Hall–Kier alpha value is -0.850. The van der Waals surface area contributed by atoms with E-state index >= 15 is 0 Å². The SMILES string of the molecule is Cc1cccc(C(C)(F)C(C)C)c1. The van der Waals surface area contributed by atoms with Crippen LogP contribution in [0.5, 0.6) is 0 Å². The molecule has 0 nitrogen and oxygen atoms in total. The van der Waals surface area contributed by atoms with Crippen molar-refractivity contribution in [3.8, 4) is 0 Å². The maximum Gasteiger partial charge on any atom is 0.135 e. The van der Waals surface area contributed by atoms with E-state index in [0.717, 1.165) is 11.1 Å². The summed E-state index contributed by atoms with van der Waals surface area (Å²) in [5, 5.41) is 0. The van der Waals surface area contributed by atoms with E-state index in [-0.39, 0.29) is 5.92 Å². The summed E-state index contributed by atoms with van der Waals surface area (Å²) in [6, 6.07) is 7.66. The quantitative estimate of drug-likeness (QED) is 0.648. The Morgan fingerprint density at radius 2 is 1.92 bits per heavy atom. The van der Waals surface area contributed by atoms with Crippen molar-refractivity contribution in [2.24, 2.45) is 5.92 Å². The lowest BCUT2D eigenvalue weighted by Gasteiger charge is -2.25. The molecule has 0 aromatic heterocycles. The molecule has 0 aliphatic heterocycles. The van der Waals surface area contributed by atoms with Crippen LogP contribution in [0.3, 0.4) is 0 Å². The number of rotatable bonds is 2. The molecule has 0 radical (unpaired) electrons. The van der Waals surface area contributed by atoms with Crippen molar-refractivity contribution in [3.05, 3.63) is 35.4 Å². The summed E-state index contributed by atoms with van der Waals surface area (Å²) in [6.07, 6.45) is 0. The number of benzene rings is 1. The average Bonchev–Trinajstić information content (AvgIpc) is 2.04. The second-order valence-corrected chi connectivity index (χ2v) is 4.10. The number of alkyl halides is 1. The van der Waals surface area contributed by atoms with Crippen LogP contribution in [0.4, 0.5) is 4.39 Å². The molecule has 1 atom stereocenters. The summed E-state index contributed by atoms with van der Waals surface area (Å²) in [5.41, 5.74) is 0.677. The standard InChI is InChI=1S/C12H17F/c1-9(2)12(4,13)11-7-5-6-10(3)8-11/h5-9H,1-4H3. The molecule has 0 bridgehead atoms. The van der Waals surface area contributed by atoms with Gasteiger partial charge in [-0.25, -0.2) is 4.39 Å². The fourth-order valence-corrected chi connectivity index (χ4v) is 1.28. The summed E-state index contributed by atoms with van der Waals surface area (Å²) in [4.78, 5) is 0. The van der Waals surface area contributed by atoms with Crippen molar-refractivity contribution in [2.75, 3.05) is 0 Å². The molecule has 1 rings (SSSR count). The Bertz CT molecular complexity index is 287. The van der Waals surface area contributed by atoms with Crippen LogP contribution >= 0.6 is 0 Å². The van der Waals surface area contributed by atoms with E-state index in [2.05, 4.69) is 0 Å². The van der Waals surface area contributed by atoms with Crippen LogP contribution in [-0.4, -0.2) is 0 Å². The second-order valence-electron chi connectivity index (χ2n) is 4.10. The minimum atomic E-state index is -1.22. The molecule has 0 fully saturated rings. The average molecular weight is 180 g/mol. The largest absolute Gasteiger partial charge is 0.239 e. The molecule has 0 aliphatic carbocycles. The van der Waals surface area contributed by atoms with E-state index in [0.29, 0.717) is 0 Å². The molecule has 13 heavy (non-hydrogen) atoms. The first-order valence-electron chi connectivity index (χ1n) is 4.70. The van der Waals surface area contributed by atoms with Crippen LogP contribution in [0.1, 0.15) is 31.9 Å². The lowest BCUT2D eigenvalue weighted by atomic mass is 9.86. The van der Waals surface area contributed by atoms with Crippen LogP contribution in [0.2, 0.25) is 0 Å². The molecule has 0 spiro atoms. The molecule has 0 N–H and O–H groups in total. The highest BCUT2D eigenvalue weighted by Gasteiger charge is 2.29. The highest BCUT2D eigenvalue weighted by molar-refractivity contribution is 5.27. The minimum Gasteiger partial charge on any atom is -0.239 e. The smallest absolute Gasteiger partial charge is 0.135 e. The molecular weight excluding hydrogens is 163 g/mol. The van der Waals surface area contributed by atoms with E-state index in [4.69, 9.17) is 0 Å². The van der Waals surface area contributed by atoms with E-state index in [9.17, 15) is 4.39 Å². The van der Waals surface area contributed by atoms with E-state index in [1.807, 2.05) is 45.0 Å². The van der Waals surface area contributed by atoms with Gasteiger partial charge in [-0.1, -0.05) is 43.7 Å². The fraction of sp³-hybridized carbons (Fsp3) is 0.500. The molecule has 0 aliphatic rings. The van der Waals surface area contributed by atoms with Crippen LogP contribution in [0, 0.1) is 12.8 Å². The van der Waals surface area contributed by atoms with Crippen LogP contribution in [0.15, 0.2) is 24.3 Å². The van der Waals surface area contributed by atoms with Gasteiger partial charge in [0.2, 0.25) is 0 Å². The van der Waals surface area contributed by atoms with Gasteiger partial charge in [0.15, 0.2) is 0 Å². The van der Waals surface area contributed by atoms with Crippen LogP contribution < -0.4 is 0 Å².